The molecule has 0 N–H and O–H groups in total. The van der Waals surface area contributed by atoms with Crippen LogP contribution in [0, 0.1) is 0 Å². The van der Waals surface area contributed by atoms with Crippen molar-refractivity contribution < 1.29 is 0 Å². The van der Waals surface area contributed by atoms with Crippen LogP contribution in [-0.2, 0) is 6.42 Å². The summed E-state index contributed by atoms with van der Waals surface area (Å²) >= 11 is 0. The molecule has 0 radical (unpaired) electrons. The highest BCUT2D eigenvalue weighted by Gasteiger charge is 2.18. The Hall–Kier alpha value is -8.72. The summed E-state index contributed by atoms with van der Waals surface area (Å²) in [6.45, 7) is 2.08. The molecule has 0 aliphatic rings. The fourth-order valence-electron chi connectivity index (χ4n) is 9.64. The largest absolute Gasteiger partial charge is 0.310 e. The van der Waals surface area contributed by atoms with Crippen molar-refractivity contribution in [3.63, 3.8) is 0 Å². The Bertz CT molecular complexity index is 3550. The second-order valence-electron chi connectivity index (χ2n) is 17.2. The normalized spacial score (nSPS) is 11.7. The van der Waals surface area contributed by atoms with Gasteiger partial charge in [0, 0.05) is 33.5 Å². The SMILES string of the molecule is C/C=C\C(=C/Cc1ccc(N(c2ccc(-c3ccc(-c4ccccc4)cc3)cc2)c2cccc(-c3cccc(-c4cccc5c4c4ccccc4n5-c4ccccc4)c3)c2)cc1)c1ccccc1. The van der Waals surface area contributed by atoms with Crippen molar-refractivity contribution in [3.05, 3.63) is 284 Å². The first-order valence-corrected chi connectivity index (χ1v) is 23.5. The van der Waals surface area contributed by atoms with Gasteiger partial charge in [-0.2, -0.15) is 0 Å². The fourth-order valence-corrected chi connectivity index (χ4v) is 9.64. The first-order chi connectivity index (χ1) is 33.7. The molecule has 11 aromatic rings. The van der Waals surface area contributed by atoms with Crippen molar-refractivity contribution in [2.75, 3.05) is 4.90 Å². The second kappa shape index (κ2) is 19.0. The molecular weight excluding hydrogens is 821 g/mol. The monoisotopic (exact) mass is 870 g/mol. The summed E-state index contributed by atoms with van der Waals surface area (Å²) in [4.78, 5) is 2.38. The topological polar surface area (TPSA) is 8.17 Å². The smallest absolute Gasteiger partial charge is 0.0547 e. The molecule has 1 aromatic heterocycles. The number of benzene rings is 10. The summed E-state index contributed by atoms with van der Waals surface area (Å²) in [5.74, 6) is 0. The molecule has 1 heterocycles. The Morgan fingerprint density at radius 3 is 1.62 bits per heavy atom. The number of allylic oxidation sites excluding steroid dienone is 4. The van der Waals surface area contributed by atoms with Crippen LogP contribution in [0.1, 0.15) is 18.1 Å². The lowest BCUT2D eigenvalue weighted by molar-refractivity contribution is 1.18. The van der Waals surface area contributed by atoms with Crippen molar-refractivity contribution in [1.82, 2.24) is 4.57 Å². The quantitative estimate of drug-likeness (QED) is 0.111. The van der Waals surface area contributed by atoms with Crippen LogP contribution in [0.3, 0.4) is 0 Å². The van der Waals surface area contributed by atoms with E-state index in [1.54, 1.807) is 0 Å². The van der Waals surface area contributed by atoms with E-state index in [1.165, 1.54) is 77.5 Å². The number of hydrogen-bond donors (Lipinski definition) is 0. The molecule has 0 bridgehead atoms. The highest BCUT2D eigenvalue weighted by Crippen LogP contribution is 2.41. The molecular formula is C66H50N2. The predicted octanol–water partition coefficient (Wildman–Crippen LogP) is 18.1. The van der Waals surface area contributed by atoms with E-state index in [-0.39, 0.29) is 0 Å². The molecule has 0 fully saturated rings. The van der Waals surface area contributed by atoms with E-state index < -0.39 is 0 Å². The first kappa shape index (κ1) is 41.9. The van der Waals surface area contributed by atoms with Crippen molar-refractivity contribution in [2.24, 2.45) is 0 Å². The molecule has 0 amide bonds. The van der Waals surface area contributed by atoms with Gasteiger partial charge in [-0.25, -0.2) is 0 Å². The lowest BCUT2D eigenvalue weighted by atomic mass is 9.95. The molecule has 10 aromatic carbocycles. The van der Waals surface area contributed by atoms with Crippen molar-refractivity contribution in [2.45, 2.75) is 13.3 Å². The van der Waals surface area contributed by atoms with Gasteiger partial charge < -0.3 is 9.47 Å². The van der Waals surface area contributed by atoms with Crippen LogP contribution in [0.4, 0.5) is 17.1 Å². The Morgan fingerprint density at radius 1 is 0.412 bits per heavy atom. The number of hydrogen-bond acceptors (Lipinski definition) is 1. The molecule has 0 atom stereocenters. The van der Waals surface area contributed by atoms with Gasteiger partial charge in [0.15, 0.2) is 0 Å². The summed E-state index contributed by atoms with van der Waals surface area (Å²) in [6.07, 6.45) is 7.47. The molecule has 0 saturated carbocycles. The number of nitrogens with zero attached hydrogens (tertiary/aromatic N) is 2. The first-order valence-electron chi connectivity index (χ1n) is 23.5. The van der Waals surface area contributed by atoms with Gasteiger partial charge in [0.25, 0.3) is 0 Å². The van der Waals surface area contributed by atoms with Crippen LogP contribution < -0.4 is 4.90 Å². The van der Waals surface area contributed by atoms with Gasteiger partial charge in [0.2, 0.25) is 0 Å². The molecule has 2 heteroatoms. The van der Waals surface area contributed by atoms with Crippen molar-refractivity contribution >= 4 is 44.4 Å². The van der Waals surface area contributed by atoms with E-state index in [2.05, 4.69) is 289 Å². The van der Waals surface area contributed by atoms with Crippen LogP contribution in [0.15, 0.2) is 273 Å². The third kappa shape index (κ3) is 8.48. The van der Waals surface area contributed by atoms with Crippen LogP contribution in [0.5, 0.6) is 0 Å². The van der Waals surface area contributed by atoms with Crippen molar-refractivity contribution in [3.8, 4) is 50.2 Å². The van der Waals surface area contributed by atoms with E-state index in [0.29, 0.717) is 0 Å². The Morgan fingerprint density at radius 2 is 0.926 bits per heavy atom. The predicted molar refractivity (Wildman–Crippen MR) is 290 cm³/mol. The Labute approximate surface area is 399 Å². The lowest BCUT2D eigenvalue weighted by Gasteiger charge is -2.26. The third-order valence-corrected chi connectivity index (χ3v) is 13.0. The maximum Gasteiger partial charge on any atom is 0.0547 e. The van der Waals surface area contributed by atoms with Crippen LogP contribution >= 0.6 is 0 Å². The minimum absolute atomic E-state index is 0.832. The molecule has 0 saturated heterocycles. The maximum atomic E-state index is 2.39. The van der Waals surface area contributed by atoms with Gasteiger partial charge in [-0.15, -0.1) is 0 Å². The van der Waals surface area contributed by atoms with Gasteiger partial charge in [-0.3, -0.25) is 0 Å². The highest BCUT2D eigenvalue weighted by atomic mass is 15.1. The summed E-state index contributed by atoms with van der Waals surface area (Å²) in [5, 5.41) is 2.51. The van der Waals surface area contributed by atoms with Gasteiger partial charge in [0.1, 0.15) is 0 Å². The van der Waals surface area contributed by atoms with Crippen LogP contribution in [0.25, 0.3) is 77.6 Å². The van der Waals surface area contributed by atoms with E-state index in [4.69, 9.17) is 0 Å². The van der Waals surface area contributed by atoms with Gasteiger partial charge in [-0.1, -0.05) is 206 Å². The Kier molecular flexibility index (Phi) is 11.7. The summed E-state index contributed by atoms with van der Waals surface area (Å²) < 4.78 is 2.39. The van der Waals surface area contributed by atoms with Gasteiger partial charge in [0.05, 0.1) is 11.0 Å². The zero-order valence-electron chi connectivity index (χ0n) is 38.1. The molecule has 0 aliphatic carbocycles. The maximum absolute atomic E-state index is 2.39. The molecule has 0 unspecified atom stereocenters. The average Bonchev–Trinajstić information content (AvgIpc) is 3.76. The zero-order valence-corrected chi connectivity index (χ0v) is 38.1. The molecule has 11 rings (SSSR count). The number of rotatable bonds is 12. The van der Waals surface area contributed by atoms with Gasteiger partial charge in [-0.05, 0) is 141 Å². The standard InChI is InChI=1S/C66H50N2/c1-2-17-49(50-18-6-3-7-19-50)35-32-48-33-42-59(43-34-48)67(60-44-40-54(41-45-60)53-38-36-52(37-39-53)51-20-8-4-9-21-51)61-27-15-23-56(47-61)55-22-14-24-57(46-55)62-29-16-31-65-66(62)63-28-12-13-30-64(63)68(65)58-25-10-5-11-26-58/h2-31,33-47H,32H2,1H3/b17-2-,49-35+. The molecule has 68 heavy (non-hydrogen) atoms. The third-order valence-electron chi connectivity index (χ3n) is 13.0. The molecule has 2 nitrogen and oxygen atoms in total. The average molecular weight is 871 g/mol. The summed E-state index contributed by atoms with van der Waals surface area (Å²) in [5.41, 5.74) is 20.1. The summed E-state index contributed by atoms with van der Waals surface area (Å²) in [6, 6.07) is 92.3. The highest BCUT2D eigenvalue weighted by molar-refractivity contribution is 6.16. The molecule has 0 spiro atoms. The number of aromatic nitrogens is 1. The minimum Gasteiger partial charge on any atom is -0.310 e. The molecule has 324 valence electrons. The van der Waals surface area contributed by atoms with E-state index in [9.17, 15) is 0 Å². The number of anilines is 3. The Balaban J connectivity index is 0.957. The van der Waals surface area contributed by atoms with E-state index >= 15 is 0 Å². The van der Waals surface area contributed by atoms with E-state index in [0.717, 1.165) is 34.7 Å². The fraction of sp³-hybridized carbons (Fsp3) is 0.0303. The number of fused-ring (bicyclic) bond motifs is 3. The lowest BCUT2D eigenvalue weighted by Crippen LogP contribution is -2.10. The van der Waals surface area contributed by atoms with Crippen LogP contribution in [0.2, 0.25) is 0 Å². The van der Waals surface area contributed by atoms with Crippen molar-refractivity contribution in [1.29, 1.82) is 0 Å². The minimum atomic E-state index is 0.832. The molecule has 0 aliphatic heterocycles. The van der Waals surface area contributed by atoms with Crippen LogP contribution in [-0.4, -0.2) is 4.57 Å². The summed E-state index contributed by atoms with van der Waals surface area (Å²) in [7, 11) is 0. The number of para-hydroxylation sites is 2. The van der Waals surface area contributed by atoms with Gasteiger partial charge >= 0.3 is 0 Å². The zero-order chi connectivity index (χ0) is 45.7. The second-order valence-corrected chi connectivity index (χ2v) is 17.2. The van der Waals surface area contributed by atoms with E-state index in [1.807, 2.05) is 0 Å².